The van der Waals surface area contributed by atoms with E-state index in [1.807, 2.05) is 6.07 Å². The number of pyridine rings is 1. The van der Waals surface area contributed by atoms with Crippen molar-refractivity contribution in [3.63, 3.8) is 0 Å². The van der Waals surface area contributed by atoms with Crippen LogP contribution in [0.3, 0.4) is 0 Å². The van der Waals surface area contributed by atoms with Crippen LogP contribution in [0, 0.1) is 0 Å². The summed E-state index contributed by atoms with van der Waals surface area (Å²) in [5.41, 5.74) is 0.944. The number of aliphatic hydroxyl groups excluding tert-OH is 1. The van der Waals surface area contributed by atoms with Gasteiger partial charge >= 0.3 is 0 Å². The molecule has 1 aromatic rings. The van der Waals surface area contributed by atoms with Crippen molar-refractivity contribution in [2.24, 2.45) is 0 Å². The second-order valence-electron chi connectivity index (χ2n) is 2.44. The van der Waals surface area contributed by atoms with Gasteiger partial charge < -0.3 is 10.4 Å². The molecule has 0 bridgehead atoms. The van der Waals surface area contributed by atoms with Gasteiger partial charge in [0.1, 0.15) is 5.15 Å². The van der Waals surface area contributed by atoms with Gasteiger partial charge in [-0.25, -0.2) is 4.98 Å². The van der Waals surface area contributed by atoms with E-state index in [1.165, 1.54) is 0 Å². The topological polar surface area (TPSA) is 45.1 Å². The number of likely N-dealkylation sites (N-methyl/N-ethyl adjacent to an activating group) is 1. The van der Waals surface area contributed by atoms with Crippen LogP contribution in [0.2, 0.25) is 5.15 Å². The van der Waals surface area contributed by atoms with Crippen LogP contribution in [-0.2, 0) is 0 Å². The average molecular weight is 187 g/mol. The molecule has 0 aromatic carbocycles. The standard InChI is InChI=1S/C8H11ClN2O/c1-10-7(5-12)6-2-3-11-8(9)4-6/h2-4,7,10,12H,5H2,1H3/t7-/m1/s1. The van der Waals surface area contributed by atoms with Crippen LogP contribution in [0.25, 0.3) is 0 Å². The van der Waals surface area contributed by atoms with E-state index in [2.05, 4.69) is 10.3 Å². The summed E-state index contributed by atoms with van der Waals surface area (Å²) in [6.07, 6.45) is 1.62. The van der Waals surface area contributed by atoms with E-state index in [4.69, 9.17) is 16.7 Å². The van der Waals surface area contributed by atoms with Crippen LogP contribution in [-0.4, -0.2) is 23.7 Å². The first-order chi connectivity index (χ1) is 5.77. The predicted octanol–water partition coefficient (Wildman–Crippen LogP) is 0.988. The van der Waals surface area contributed by atoms with E-state index in [1.54, 1.807) is 19.3 Å². The van der Waals surface area contributed by atoms with Gasteiger partial charge in [0.2, 0.25) is 0 Å². The number of nitrogens with zero attached hydrogens (tertiary/aromatic N) is 1. The Labute approximate surface area is 76.4 Å². The largest absolute Gasteiger partial charge is 0.394 e. The Hall–Kier alpha value is -0.640. The summed E-state index contributed by atoms with van der Waals surface area (Å²) in [5.74, 6) is 0. The Balaban J connectivity index is 2.85. The number of aromatic nitrogens is 1. The Kier molecular flexibility index (Phi) is 3.47. The third-order valence-corrected chi connectivity index (χ3v) is 1.89. The third kappa shape index (κ3) is 2.17. The highest BCUT2D eigenvalue weighted by Crippen LogP contribution is 2.14. The van der Waals surface area contributed by atoms with E-state index in [9.17, 15) is 0 Å². The highest BCUT2D eigenvalue weighted by molar-refractivity contribution is 6.29. The number of hydrogen-bond acceptors (Lipinski definition) is 3. The maximum atomic E-state index is 8.94. The number of rotatable bonds is 3. The SMILES string of the molecule is CN[C@H](CO)c1ccnc(Cl)c1. The number of halogens is 1. The number of hydrogen-bond donors (Lipinski definition) is 2. The normalized spacial score (nSPS) is 12.9. The molecular formula is C8H11ClN2O. The van der Waals surface area contributed by atoms with Gasteiger partial charge in [-0.15, -0.1) is 0 Å². The van der Waals surface area contributed by atoms with Crippen molar-refractivity contribution in [1.29, 1.82) is 0 Å². The lowest BCUT2D eigenvalue weighted by molar-refractivity contribution is 0.251. The van der Waals surface area contributed by atoms with Gasteiger partial charge in [0.25, 0.3) is 0 Å². The second-order valence-corrected chi connectivity index (χ2v) is 2.82. The van der Waals surface area contributed by atoms with E-state index in [-0.39, 0.29) is 12.6 Å². The molecule has 1 rings (SSSR count). The minimum Gasteiger partial charge on any atom is -0.394 e. The summed E-state index contributed by atoms with van der Waals surface area (Å²) in [6, 6.07) is 3.49. The first kappa shape index (κ1) is 9.45. The molecule has 12 heavy (non-hydrogen) atoms. The van der Waals surface area contributed by atoms with E-state index >= 15 is 0 Å². The van der Waals surface area contributed by atoms with Gasteiger partial charge in [0, 0.05) is 6.20 Å². The summed E-state index contributed by atoms with van der Waals surface area (Å²) in [6.45, 7) is 0.0524. The predicted molar refractivity (Wildman–Crippen MR) is 48.1 cm³/mol. The Morgan fingerprint density at radius 2 is 2.50 bits per heavy atom. The van der Waals surface area contributed by atoms with Gasteiger partial charge in [-0.2, -0.15) is 0 Å². The molecule has 66 valence electrons. The Morgan fingerprint density at radius 1 is 1.75 bits per heavy atom. The lowest BCUT2D eigenvalue weighted by Crippen LogP contribution is -2.19. The Bertz CT molecular complexity index is 251. The zero-order valence-electron chi connectivity index (χ0n) is 6.79. The van der Waals surface area contributed by atoms with Gasteiger partial charge in [0.15, 0.2) is 0 Å². The van der Waals surface area contributed by atoms with Crippen LogP contribution in [0.1, 0.15) is 11.6 Å². The molecule has 1 heterocycles. The first-order valence-electron chi connectivity index (χ1n) is 3.67. The zero-order valence-corrected chi connectivity index (χ0v) is 7.54. The highest BCUT2D eigenvalue weighted by Gasteiger charge is 2.06. The van der Waals surface area contributed by atoms with Gasteiger partial charge in [-0.05, 0) is 24.7 Å². The molecule has 1 atom stereocenters. The van der Waals surface area contributed by atoms with Crippen molar-refractivity contribution >= 4 is 11.6 Å². The van der Waals surface area contributed by atoms with Crippen LogP contribution in [0.15, 0.2) is 18.3 Å². The third-order valence-electron chi connectivity index (χ3n) is 1.68. The molecular weight excluding hydrogens is 176 g/mol. The maximum absolute atomic E-state index is 8.94. The summed E-state index contributed by atoms with van der Waals surface area (Å²) in [5, 5.41) is 12.3. The molecule has 0 unspecified atom stereocenters. The van der Waals surface area contributed by atoms with Crippen LogP contribution < -0.4 is 5.32 Å². The molecule has 0 aliphatic heterocycles. The second kappa shape index (κ2) is 4.40. The maximum Gasteiger partial charge on any atom is 0.129 e. The molecule has 0 aliphatic rings. The fourth-order valence-electron chi connectivity index (χ4n) is 0.998. The molecule has 0 radical (unpaired) electrons. The quantitative estimate of drug-likeness (QED) is 0.692. The van der Waals surface area contributed by atoms with Crippen LogP contribution in [0.4, 0.5) is 0 Å². The molecule has 1 aromatic heterocycles. The van der Waals surface area contributed by atoms with Crippen molar-refractivity contribution < 1.29 is 5.11 Å². The van der Waals surface area contributed by atoms with Crippen molar-refractivity contribution in [3.8, 4) is 0 Å². The van der Waals surface area contributed by atoms with E-state index in [0.29, 0.717) is 5.15 Å². The minimum atomic E-state index is -0.0644. The summed E-state index contributed by atoms with van der Waals surface area (Å²) in [4.78, 5) is 3.85. The van der Waals surface area contributed by atoms with E-state index < -0.39 is 0 Å². The monoisotopic (exact) mass is 186 g/mol. The van der Waals surface area contributed by atoms with E-state index in [0.717, 1.165) is 5.56 Å². The zero-order chi connectivity index (χ0) is 8.97. The lowest BCUT2D eigenvalue weighted by Gasteiger charge is -2.12. The average Bonchev–Trinajstić information content (AvgIpc) is 2.07. The molecule has 0 aliphatic carbocycles. The first-order valence-corrected chi connectivity index (χ1v) is 4.05. The van der Waals surface area contributed by atoms with Crippen molar-refractivity contribution in [2.75, 3.05) is 13.7 Å². The summed E-state index contributed by atoms with van der Waals surface area (Å²) < 4.78 is 0. The molecule has 4 heteroatoms. The number of nitrogens with one attached hydrogen (secondary N) is 1. The molecule has 2 N–H and O–H groups in total. The fraction of sp³-hybridized carbons (Fsp3) is 0.375. The smallest absolute Gasteiger partial charge is 0.129 e. The van der Waals surface area contributed by atoms with Crippen molar-refractivity contribution in [2.45, 2.75) is 6.04 Å². The van der Waals surface area contributed by atoms with Crippen LogP contribution >= 0.6 is 11.6 Å². The van der Waals surface area contributed by atoms with Gasteiger partial charge in [-0.1, -0.05) is 11.6 Å². The minimum absolute atomic E-state index is 0.0524. The van der Waals surface area contributed by atoms with Crippen LogP contribution in [0.5, 0.6) is 0 Å². The molecule has 0 saturated carbocycles. The molecule has 3 nitrogen and oxygen atoms in total. The Morgan fingerprint density at radius 3 is 3.00 bits per heavy atom. The lowest BCUT2D eigenvalue weighted by atomic mass is 10.1. The summed E-state index contributed by atoms with van der Waals surface area (Å²) >= 11 is 5.68. The number of aliphatic hydroxyl groups is 1. The fourth-order valence-corrected chi connectivity index (χ4v) is 1.18. The van der Waals surface area contributed by atoms with Crippen molar-refractivity contribution in [3.05, 3.63) is 29.0 Å². The van der Waals surface area contributed by atoms with Crippen molar-refractivity contribution in [1.82, 2.24) is 10.3 Å². The van der Waals surface area contributed by atoms with Gasteiger partial charge in [0.05, 0.1) is 12.6 Å². The highest BCUT2D eigenvalue weighted by atomic mass is 35.5. The van der Waals surface area contributed by atoms with Gasteiger partial charge in [-0.3, -0.25) is 0 Å². The molecule has 0 saturated heterocycles. The molecule has 0 fully saturated rings. The summed E-state index contributed by atoms with van der Waals surface area (Å²) in [7, 11) is 1.79. The molecule has 0 spiro atoms. The molecule has 0 amide bonds.